The van der Waals surface area contributed by atoms with Gasteiger partial charge in [0, 0.05) is 29.1 Å². The molecule has 1 spiro atoms. The van der Waals surface area contributed by atoms with E-state index in [2.05, 4.69) is 10.9 Å². The highest BCUT2D eigenvalue weighted by Gasteiger charge is 2.45. The Morgan fingerprint density at radius 1 is 1.15 bits per heavy atom. The van der Waals surface area contributed by atoms with Crippen molar-refractivity contribution in [2.75, 3.05) is 11.5 Å². The van der Waals surface area contributed by atoms with Crippen LogP contribution in [0.2, 0.25) is 0 Å². The molecular weight excluding hydrogens is 387 g/mol. The summed E-state index contributed by atoms with van der Waals surface area (Å²) in [6, 6.07) is 5.60. The first-order chi connectivity index (χ1) is 13.0. The molecule has 2 heterocycles. The largest absolute Gasteiger partial charge is 0.455 e. The van der Waals surface area contributed by atoms with E-state index >= 15 is 0 Å². The Labute approximate surface area is 164 Å². The number of hydrogen-bond acceptors (Lipinski definition) is 5. The molecule has 1 saturated heterocycles. The summed E-state index contributed by atoms with van der Waals surface area (Å²) >= 11 is 3.85. The number of carbonyl (C=O) groups excluding carboxylic acids is 2. The lowest BCUT2D eigenvalue weighted by Crippen LogP contribution is -2.42. The van der Waals surface area contributed by atoms with E-state index in [4.69, 9.17) is 4.42 Å². The Morgan fingerprint density at radius 2 is 1.85 bits per heavy atom. The third kappa shape index (κ3) is 3.25. The van der Waals surface area contributed by atoms with Gasteiger partial charge in [0.25, 0.3) is 5.91 Å². The molecule has 0 saturated carbocycles. The van der Waals surface area contributed by atoms with Crippen LogP contribution < -0.4 is 10.9 Å². The van der Waals surface area contributed by atoms with Crippen molar-refractivity contribution < 1.29 is 18.4 Å². The van der Waals surface area contributed by atoms with Gasteiger partial charge >= 0.3 is 5.91 Å². The number of thioether (sulfide) groups is 2. The van der Waals surface area contributed by atoms with Gasteiger partial charge in [-0.2, -0.15) is 0 Å². The maximum Gasteiger partial charge on any atom is 0.305 e. The fourth-order valence-electron chi connectivity index (χ4n) is 3.70. The van der Waals surface area contributed by atoms with E-state index in [0.29, 0.717) is 0 Å². The fourth-order valence-corrected chi connectivity index (χ4v) is 7.26. The van der Waals surface area contributed by atoms with Crippen LogP contribution in [0.5, 0.6) is 0 Å². The minimum atomic E-state index is -0.714. The van der Waals surface area contributed by atoms with Crippen molar-refractivity contribution in [1.29, 1.82) is 0 Å². The van der Waals surface area contributed by atoms with E-state index < -0.39 is 17.6 Å². The first-order valence-electron chi connectivity index (χ1n) is 8.78. The summed E-state index contributed by atoms with van der Waals surface area (Å²) < 4.78 is 19.5. The van der Waals surface area contributed by atoms with Crippen LogP contribution in [0.1, 0.15) is 50.6 Å². The van der Waals surface area contributed by atoms with Crippen LogP contribution in [0.15, 0.2) is 28.7 Å². The van der Waals surface area contributed by atoms with Gasteiger partial charge in [-0.1, -0.05) is 12.1 Å². The predicted molar refractivity (Wildman–Crippen MR) is 104 cm³/mol. The topological polar surface area (TPSA) is 71.3 Å². The molecule has 27 heavy (non-hydrogen) atoms. The van der Waals surface area contributed by atoms with Crippen molar-refractivity contribution in [2.24, 2.45) is 0 Å². The molecule has 2 N–H and O–H groups in total. The Morgan fingerprint density at radius 3 is 2.59 bits per heavy atom. The van der Waals surface area contributed by atoms with Crippen LogP contribution in [0, 0.1) is 12.7 Å². The molecule has 1 aromatic heterocycles. The van der Waals surface area contributed by atoms with Crippen LogP contribution in [-0.2, 0) is 10.5 Å². The van der Waals surface area contributed by atoms with E-state index in [9.17, 15) is 14.0 Å². The van der Waals surface area contributed by atoms with Gasteiger partial charge in [-0.15, -0.1) is 23.5 Å². The zero-order valence-electron chi connectivity index (χ0n) is 14.8. The van der Waals surface area contributed by atoms with Crippen LogP contribution in [0.25, 0.3) is 0 Å². The minimum Gasteiger partial charge on any atom is -0.455 e. The average Bonchev–Trinajstić information content (AvgIpc) is 3.26. The number of nitrogens with one attached hydrogen (secondary N) is 2. The molecule has 0 radical (unpaired) electrons. The molecule has 1 aliphatic heterocycles. The number of carbonyl (C=O) groups is 2. The standard InChI is InChI=1S/C19H19FN2O3S2/c1-11-15-14(7-4-8-19(15)26-9-10-27-19)25-16(11)18(24)22-21-17(23)12-5-2-3-6-13(12)20/h2-3,5-6H,4,7-10H2,1H3,(H,21,23)(H,22,24). The van der Waals surface area contributed by atoms with Gasteiger partial charge in [-0.3, -0.25) is 20.4 Å². The molecule has 142 valence electrons. The van der Waals surface area contributed by atoms with E-state index in [-0.39, 0.29) is 15.4 Å². The molecule has 0 unspecified atom stereocenters. The highest BCUT2D eigenvalue weighted by molar-refractivity contribution is 8.20. The minimum absolute atomic E-state index is 0.0177. The lowest BCUT2D eigenvalue weighted by molar-refractivity contribution is 0.0827. The number of benzene rings is 1. The van der Waals surface area contributed by atoms with Gasteiger partial charge in [-0.05, 0) is 31.9 Å². The summed E-state index contributed by atoms with van der Waals surface area (Å²) in [6.45, 7) is 1.89. The van der Waals surface area contributed by atoms with Crippen molar-refractivity contribution in [3.8, 4) is 0 Å². The first kappa shape index (κ1) is 18.4. The van der Waals surface area contributed by atoms with Gasteiger partial charge in [0.15, 0.2) is 5.76 Å². The fraction of sp³-hybridized carbons (Fsp3) is 0.368. The maximum absolute atomic E-state index is 13.7. The predicted octanol–water partition coefficient (Wildman–Crippen LogP) is 3.77. The van der Waals surface area contributed by atoms with E-state index in [1.54, 1.807) is 6.07 Å². The van der Waals surface area contributed by atoms with Gasteiger partial charge in [0.1, 0.15) is 11.6 Å². The number of hydrogen-bond donors (Lipinski definition) is 2. The second kappa shape index (κ2) is 7.24. The maximum atomic E-state index is 13.7. The van der Waals surface area contributed by atoms with Crippen molar-refractivity contribution in [3.05, 3.63) is 58.3 Å². The van der Waals surface area contributed by atoms with E-state index in [1.165, 1.54) is 18.2 Å². The van der Waals surface area contributed by atoms with Crippen molar-refractivity contribution in [2.45, 2.75) is 30.3 Å². The van der Waals surface area contributed by atoms with Crippen molar-refractivity contribution in [1.82, 2.24) is 10.9 Å². The zero-order chi connectivity index (χ0) is 19.0. The summed E-state index contributed by atoms with van der Waals surface area (Å²) in [5.74, 6) is 1.37. The third-order valence-electron chi connectivity index (χ3n) is 4.88. The third-order valence-corrected chi connectivity index (χ3v) is 8.41. The molecule has 1 aliphatic carbocycles. The highest BCUT2D eigenvalue weighted by Crippen LogP contribution is 2.59. The quantitative estimate of drug-likeness (QED) is 0.743. The molecule has 0 bridgehead atoms. The number of hydrazine groups is 1. The Balaban J connectivity index is 1.53. The highest BCUT2D eigenvalue weighted by atomic mass is 32.2. The normalized spacial score (nSPS) is 17.6. The van der Waals surface area contributed by atoms with Gasteiger partial charge in [0.2, 0.25) is 0 Å². The van der Waals surface area contributed by atoms with Crippen molar-refractivity contribution >= 4 is 35.3 Å². The summed E-state index contributed by atoms with van der Waals surface area (Å²) in [6.07, 6.45) is 2.92. The number of aryl methyl sites for hydroxylation is 1. The van der Waals surface area contributed by atoms with E-state index in [1.807, 2.05) is 30.4 Å². The molecule has 8 heteroatoms. The van der Waals surface area contributed by atoms with Crippen LogP contribution in [0.4, 0.5) is 4.39 Å². The first-order valence-corrected chi connectivity index (χ1v) is 10.7. The van der Waals surface area contributed by atoms with Crippen LogP contribution in [-0.4, -0.2) is 23.3 Å². The van der Waals surface area contributed by atoms with Gasteiger partial charge < -0.3 is 4.42 Å². The number of furan rings is 1. The number of amides is 2. The molecule has 4 rings (SSSR count). The molecular formula is C19H19FN2O3S2. The van der Waals surface area contributed by atoms with Crippen molar-refractivity contribution in [3.63, 3.8) is 0 Å². The smallest absolute Gasteiger partial charge is 0.305 e. The van der Waals surface area contributed by atoms with Gasteiger partial charge in [-0.25, -0.2) is 4.39 Å². The molecule has 1 aromatic carbocycles. The monoisotopic (exact) mass is 406 g/mol. The summed E-state index contributed by atoms with van der Waals surface area (Å²) in [5.41, 5.74) is 6.42. The zero-order valence-corrected chi connectivity index (χ0v) is 16.4. The molecule has 2 amide bonds. The molecule has 1 fully saturated rings. The lowest BCUT2D eigenvalue weighted by Gasteiger charge is -2.31. The molecule has 2 aliphatic rings. The number of fused-ring (bicyclic) bond motifs is 2. The SMILES string of the molecule is Cc1c(C(=O)NNC(=O)c2ccccc2F)oc2c1C1(CCC2)SCCS1. The molecule has 2 aromatic rings. The Hall–Kier alpha value is -1.93. The lowest BCUT2D eigenvalue weighted by atomic mass is 9.94. The summed E-state index contributed by atoms with van der Waals surface area (Å²) in [4.78, 5) is 24.7. The summed E-state index contributed by atoms with van der Waals surface area (Å²) in [7, 11) is 0. The number of rotatable bonds is 2. The summed E-state index contributed by atoms with van der Waals surface area (Å²) in [5, 5.41) is 0. The Bertz CT molecular complexity index is 906. The molecule has 5 nitrogen and oxygen atoms in total. The van der Waals surface area contributed by atoms with Crippen LogP contribution in [0.3, 0.4) is 0 Å². The van der Waals surface area contributed by atoms with Crippen LogP contribution >= 0.6 is 23.5 Å². The second-order valence-electron chi connectivity index (χ2n) is 6.55. The number of halogens is 1. The average molecular weight is 407 g/mol. The Kier molecular flexibility index (Phi) is 4.94. The van der Waals surface area contributed by atoms with E-state index in [0.717, 1.165) is 47.7 Å². The van der Waals surface area contributed by atoms with Gasteiger partial charge in [0.05, 0.1) is 9.64 Å². The molecule has 0 atom stereocenters. The second-order valence-corrected chi connectivity index (χ2v) is 9.59.